The Balaban J connectivity index is 1.36. The van der Waals surface area contributed by atoms with Gasteiger partial charge in [-0.05, 0) is 60.7 Å². The van der Waals surface area contributed by atoms with Gasteiger partial charge >= 0.3 is 13.8 Å². The quantitative estimate of drug-likeness (QED) is 0.0319. The van der Waals surface area contributed by atoms with E-state index in [-0.39, 0.29) is 69.1 Å². The van der Waals surface area contributed by atoms with Gasteiger partial charge in [-0.15, -0.1) is 11.3 Å². The lowest BCUT2D eigenvalue weighted by Crippen LogP contribution is -2.28. The second-order valence-corrected chi connectivity index (χ2v) is 17.6. The zero-order chi connectivity index (χ0) is 44.2. The Morgan fingerprint density at radius 1 is 0.817 bits per heavy atom. The summed E-state index contributed by atoms with van der Waals surface area (Å²) in [6, 6.07) is 11.0. The molecule has 0 aliphatic carbocycles. The van der Waals surface area contributed by atoms with Crippen molar-refractivity contribution in [3.05, 3.63) is 93.0 Å². The first-order chi connectivity index (χ1) is 28.1. The number of alkyl halides is 3. The molecule has 0 saturated carbocycles. The molecule has 318 valence electrons. The van der Waals surface area contributed by atoms with Crippen LogP contribution in [0.1, 0.15) is 31.8 Å². The third kappa shape index (κ3) is 10.7. The first-order valence-electron chi connectivity index (χ1n) is 16.5. The minimum atomic E-state index is -5.03. The fraction of sp³-hybridized carbons (Fsp3) is 0.171. The van der Waals surface area contributed by atoms with Gasteiger partial charge in [0.2, 0.25) is 0 Å². The molecule has 4 aromatic carbocycles. The number of amides is 2. The predicted molar refractivity (Wildman–Crippen MR) is 209 cm³/mol. The number of fused-ring (bicyclic) bond motifs is 1. The molecular weight excluding hydrogens is 907 g/mol. The highest BCUT2D eigenvalue weighted by atomic mass is 35.5. The lowest BCUT2D eigenvalue weighted by Gasteiger charge is -2.17. The Morgan fingerprint density at radius 2 is 1.35 bits per heavy atom. The van der Waals surface area contributed by atoms with E-state index in [2.05, 4.69) is 10.6 Å². The number of hydrogen-bond donors (Lipinski definition) is 8. The third-order valence-electron chi connectivity index (χ3n) is 7.88. The number of nitrogens with zero attached hydrogens (tertiary/aromatic N) is 1. The Morgan fingerprint density at radius 3 is 1.85 bits per heavy atom. The van der Waals surface area contributed by atoms with Crippen molar-refractivity contribution in [3.8, 4) is 46.3 Å². The summed E-state index contributed by atoms with van der Waals surface area (Å²) in [6.07, 6.45) is -6.34. The van der Waals surface area contributed by atoms with E-state index in [0.29, 0.717) is 23.5 Å². The van der Waals surface area contributed by atoms with Crippen LogP contribution < -0.4 is 29.4 Å². The first kappa shape index (κ1) is 45.4. The zero-order valence-electron chi connectivity index (χ0n) is 29.9. The zero-order valence-corrected chi connectivity index (χ0v) is 34.0. The number of nitriles is 1. The summed E-state index contributed by atoms with van der Waals surface area (Å²) in [6.45, 7) is -0.972. The van der Waals surface area contributed by atoms with E-state index in [9.17, 15) is 61.1 Å². The molecule has 25 heteroatoms. The fourth-order valence-electron chi connectivity index (χ4n) is 5.03. The van der Waals surface area contributed by atoms with Crippen molar-refractivity contribution in [3.63, 3.8) is 0 Å². The van der Waals surface area contributed by atoms with Crippen molar-refractivity contribution < 1.29 is 75.1 Å². The number of hydrogen-bond acceptors (Lipinski definition) is 14. The van der Waals surface area contributed by atoms with Gasteiger partial charge in [0, 0.05) is 16.5 Å². The molecule has 0 aliphatic rings. The van der Waals surface area contributed by atoms with E-state index < -0.39 is 86.0 Å². The van der Waals surface area contributed by atoms with Crippen LogP contribution in [0.4, 0.5) is 13.2 Å². The molecule has 0 aliphatic heterocycles. The lowest BCUT2D eigenvalue weighted by molar-refractivity contribution is -0.137. The molecule has 60 heavy (non-hydrogen) atoms. The van der Waals surface area contributed by atoms with Crippen LogP contribution in [0.5, 0.6) is 40.2 Å². The first-order valence-corrected chi connectivity index (χ1v) is 21.4. The maximum Gasteiger partial charge on any atom is 0.417 e. The largest absolute Gasteiger partial charge is 0.504 e. The van der Waals surface area contributed by atoms with Crippen molar-refractivity contribution in [2.75, 3.05) is 32.6 Å². The van der Waals surface area contributed by atoms with E-state index in [0.717, 1.165) is 36.4 Å². The molecule has 5 rings (SSSR count). The number of carbonyl (C=O) groups is 2. The molecule has 0 radical (unpaired) electrons. The number of carbonyl (C=O) groups excluding carboxylic acids is 2. The molecule has 0 bridgehead atoms. The lowest BCUT2D eigenvalue weighted by atomic mass is 10.1. The van der Waals surface area contributed by atoms with Crippen LogP contribution in [0.3, 0.4) is 0 Å². The molecule has 8 N–H and O–H groups in total. The summed E-state index contributed by atoms with van der Waals surface area (Å²) in [5.41, 5.74) is -2.24. The van der Waals surface area contributed by atoms with Gasteiger partial charge < -0.3 is 50.0 Å². The predicted octanol–water partition coefficient (Wildman–Crippen LogP) is 6.04. The van der Waals surface area contributed by atoms with Crippen molar-refractivity contribution in [1.29, 1.82) is 5.26 Å². The van der Waals surface area contributed by atoms with Crippen molar-refractivity contribution in [1.82, 2.24) is 15.4 Å². The fourth-order valence-corrected chi connectivity index (χ4v) is 9.68. The normalized spacial score (nSPS) is 12.6. The van der Waals surface area contributed by atoms with Crippen LogP contribution in [0.2, 0.25) is 10.0 Å². The second kappa shape index (κ2) is 18.3. The number of phenols is 4. The highest BCUT2D eigenvalue weighted by molar-refractivity contribution is 7.92. The van der Waals surface area contributed by atoms with Gasteiger partial charge in [-0.3, -0.25) is 9.59 Å². The number of halogens is 5. The molecule has 0 spiro atoms. The monoisotopic (exact) mass is 934 g/mol. The molecule has 1 heterocycles. The van der Waals surface area contributed by atoms with Crippen molar-refractivity contribution in [2.24, 2.45) is 0 Å². The smallest absolute Gasteiger partial charge is 0.417 e. The number of sulfonamides is 1. The van der Waals surface area contributed by atoms with Gasteiger partial charge in [0.05, 0.1) is 40.0 Å². The number of rotatable bonds is 16. The highest BCUT2D eigenvalue weighted by Gasteiger charge is 2.35. The van der Waals surface area contributed by atoms with Gasteiger partial charge in [-0.2, -0.15) is 23.2 Å². The molecule has 1 aromatic heterocycles. The Hall–Kier alpha value is -5.66. The molecule has 2 amide bonds. The Labute approximate surface area is 350 Å². The molecule has 5 aromatic rings. The van der Waals surface area contributed by atoms with Crippen molar-refractivity contribution in [2.45, 2.75) is 10.4 Å². The summed E-state index contributed by atoms with van der Waals surface area (Å²) in [5.74, 6) is -4.56. The number of phenolic OH excluding ortho intramolecular Hbond substituents is 4. The van der Waals surface area contributed by atoms with Crippen molar-refractivity contribution >= 4 is 74.1 Å². The van der Waals surface area contributed by atoms with Gasteiger partial charge in [-0.25, -0.2) is 13.0 Å². The van der Waals surface area contributed by atoms with E-state index in [1.807, 2.05) is 4.72 Å². The SMILES string of the molecule is N#Cc1ccc(OP(=O)(O)CNS(=O)(=O)c2cc3c(Cl)c(OCCNC(=O)c4ccc(O)c(O)c4)c(OCCNC(=O)c4ccc(O)c(O)c4)c(Cl)c3s2)cc1C(F)(F)F. The van der Waals surface area contributed by atoms with Crippen LogP contribution in [-0.4, -0.2) is 78.1 Å². The van der Waals surface area contributed by atoms with E-state index in [1.165, 1.54) is 18.2 Å². The number of nitrogens with one attached hydrogen (secondary N) is 3. The Kier molecular flexibility index (Phi) is 13.9. The minimum Gasteiger partial charge on any atom is -0.504 e. The number of thiophene rings is 1. The second-order valence-electron chi connectivity index (χ2n) is 12.1. The summed E-state index contributed by atoms with van der Waals surface area (Å²) in [4.78, 5) is 35.5. The summed E-state index contributed by atoms with van der Waals surface area (Å²) in [7, 11) is -9.73. The summed E-state index contributed by atoms with van der Waals surface area (Å²) in [5, 5.41) is 52.0. The average molecular weight is 936 g/mol. The van der Waals surface area contributed by atoms with Gasteiger partial charge in [0.25, 0.3) is 21.8 Å². The van der Waals surface area contributed by atoms with Gasteiger partial charge in [0.15, 0.2) is 34.5 Å². The third-order valence-corrected chi connectivity index (χ3v) is 13.0. The molecule has 0 saturated heterocycles. The van der Waals surface area contributed by atoms with Crippen LogP contribution in [0, 0.1) is 11.3 Å². The van der Waals surface area contributed by atoms with Crippen LogP contribution in [0.25, 0.3) is 10.1 Å². The summed E-state index contributed by atoms with van der Waals surface area (Å²) >= 11 is 13.9. The molecule has 17 nitrogen and oxygen atoms in total. The maximum atomic E-state index is 13.4. The van der Waals surface area contributed by atoms with Crippen LogP contribution in [-0.2, 0) is 20.8 Å². The molecule has 0 fully saturated rings. The van der Waals surface area contributed by atoms with E-state index in [1.54, 1.807) is 0 Å². The van der Waals surface area contributed by atoms with E-state index in [4.69, 9.17) is 42.5 Å². The molecular formula is C35H28Cl2F3N4O13PS2. The van der Waals surface area contributed by atoms with Crippen LogP contribution >= 0.6 is 42.1 Å². The minimum absolute atomic E-state index is 0.00345. The van der Waals surface area contributed by atoms with Gasteiger partial charge in [-0.1, -0.05) is 23.2 Å². The summed E-state index contributed by atoms with van der Waals surface area (Å²) < 4.78 is 97.5. The number of ether oxygens (including phenoxy) is 2. The molecule has 1 atom stereocenters. The maximum absolute atomic E-state index is 13.4. The molecule has 1 unspecified atom stereocenters. The van der Waals surface area contributed by atoms with Crippen LogP contribution in [0.15, 0.2) is 64.9 Å². The standard InChI is InChI=1S/C35H28Cl2F3N4O13PS2/c36-28-21-14-27(60(53,54)44-16-58(51,52)57-20-4-1-19(15-41)22(13-20)35(38,39)40)59-32(21)29(37)31(56-10-8-43-34(50)18-3-6-24(46)26(48)12-18)30(28)55-9-7-42-33(49)17-2-5-23(45)25(47)11-17/h1-6,11-14,44-48H,7-10,16H2,(H,42,49)(H,43,50)(H,51,52). The topological polar surface area (TPSA) is 274 Å². The Bertz CT molecular complexity index is 2580. The number of aromatic hydroxyl groups is 4. The van der Waals surface area contributed by atoms with E-state index >= 15 is 0 Å². The average Bonchev–Trinajstić information content (AvgIpc) is 3.66. The number of benzene rings is 4. The van der Waals surface area contributed by atoms with Gasteiger partial charge in [0.1, 0.15) is 34.5 Å². The highest BCUT2D eigenvalue weighted by Crippen LogP contribution is 2.51.